The van der Waals surface area contributed by atoms with Crippen molar-refractivity contribution in [3.8, 4) is 11.5 Å². The van der Waals surface area contributed by atoms with Gasteiger partial charge >= 0.3 is 0 Å². The zero-order valence-electron chi connectivity index (χ0n) is 14.3. The van der Waals surface area contributed by atoms with E-state index in [-0.39, 0.29) is 17.5 Å². The number of aliphatic hydroxyl groups is 1. The summed E-state index contributed by atoms with van der Waals surface area (Å²) in [7, 11) is 0. The number of aromatic hydroxyl groups is 1. The van der Waals surface area contributed by atoms with Gasteiger partial charge in [0.1, 0.15) is 0 Å². The van der Waals surface area contributed by atoms with E-state index in [0.29, 0.717) is 24.5 Å². The van der Waals surface area contributed by atoms with E-state index in [2.05, 4.69) is 0 Å². The number of phenols is 1. The first-order chi connectivity index (χ1) is 12.0. The van der Waals surface area contributed by atoms with E-state index in [9.17, 15) is 15.0 Å². The Kier molecular flexibility index (Phi) is 2.57. The second kappa shape index (κ2) is 4.40. The van der Waals surface area contributed by atoms with Crippen molar-refractivity contribution in [1.82, 2.24) is 0 Å². The quantitative estimate of drug-likeness (QED) is 0.869. The summed E-state index contributed by atoms with van der Waals surface area (Å²) in [6.07, 6.45) is 6.94. The molecule has 0 radical (unpaired) electrons. The summed E-state index contributed by atoms with van der Waals surface area (Å²) in [4.78, 5) is 12.7. The third-order valence-electron chi connectivity index (χ3n) is 8.03. The summed E-state index contributed by atoms with van der Waals surface area (Å²) in [6, 6.07) is 3.69. The minimum absolute atomic E-state index is 0.0903. The number of hydrogen-bond donors (Lipinski definition) is 2. The topological polar surface area (TPSA) is 66.8 Å². The summed E-state index contributed by atoms with van der Waals surface area (Å²) in [5, 5.41) is 22.3. The highest BCUT2D eigenvalue weighted by Gasteiger charge is 2.73. The van der Waals surface area contributed by atoms with Gasteiger partial charge in [0.2, 0.25) is 0 Å². The molecule has 2 N–H and O–H groups in total. The molecule has 3 fully saturated rings. The summed E-state index contributed by atoms with van der Waals surface area (Å²) >= 11 is 0. The van der Waals surface area contributed by atoms with Crippen LogP contribution in [-0.2, 0) is 16.6 Å². The number of Topliss-reactive ketones (excluding diaryl/α,β-unsaturated/α-hetero) is 1. The van der Waals surface area contributed by atoms with Gasteiger partial charge in [0.15, 0.2) is 23.4 Å². The number of carbonyl (C=O) groups excluding carboxylic acids is 1. The van der Waals surface area contributed by atoms with E-state index in [1.807, 2.05) is 6.07 Å². The smallest absolute Gasteiger partial charge is 0.174 e. The first kappa shape index (κ1) is 14.6. The zero-order chi connectivity index (χ0) is 17.0. The van der Waals surface area contributed by atoms with Gasteiger partial charge in [-0.3, -0.25) is 4.79 Å². The number of rotatable bonds is 2. The van der Waals surface area contributed by atoms with Gasteiger partial charge in [-0.2, -0.15) is 0 Å². The Morgan fingerprint density at radius 1 is 1.20 bits per heavy atom. The molecule has 0 amide bonds. The summed E-state index contributed by atoms with van der Waals surface area (Å²) in [5.41, 5.74) is 0.638. The van der Waals surface area contributed by atoms with Gasteiger partial charge in [-0.05, 0) is 61.5 Å². The van der Waals surface area contributed by atoms with E-state index in [4.69, 9.17) is 4.74 Å². The van der Waals surface area contributed by atoms with E-state index in [0.717, 1.165) is 30.7 Å². The SMILES string of the molecule is O=C1CC[C@@]2(O)[C@H]3Cc4ccc(O)c5c4[C@@]2(CC[C@@H]3CC2CC2)[C@H]1O5. The van der Waals surface area contributed by atoms with Crippen LogP contribution in [0.5, 0.6) is 11.5 Å². The molecule has 5 atom stereocenters. The van der Waals surface area contributed by atoms with Crippen molar-refractivity contribution in [2.24, 2.45) is 17.8 Å². The van der Waals surface area contributed by atoms with Crippen LogP contribution in [0.1, 0.15) is 56.1 Å². The summed E-state index contributed by atoms with van der Waals surface area (Å²) in [5.74, 6) is 2.27. The first-order valence-electron chi connectivity index (χ1n) is 9.81. The lowest BCUT2D eigenvalue weighted by Crippen LogP contribution is -2.71. The van der Waals surface area contributed by atoms with Gasteiger partial charge in [-0.1, -0.05) is 18.9 Å². The molecule has 1 spiro atoms. The molecule has 0 aromatic heterocycles. The molecule has 0 saturated heterocycles. The van der Waals surface area contributed by atoms with Crippen molar-refractivity contribution >= 4 is 5.78 Å². The Morgan fingerprint density at radius 2 is 2.04 bits per heavy atom. The summed E-state index contributed by atoms with van der Waals surface area (Å²) < 4.78 is 6.06. The molecule has 6 rings (SSSR count). The molecule has 132 valence electrons. The fourth-order valence-corrected chi connectivity index (χ4v) is 6.82. The molecule has 25 heavy (non-hydrogen) atoms. The van der Waals surface area contributed by atoms with Crippen LogP contribution in [0.25, 0.3) is 0 Å². The number of ether oxygens (including phenoxy) is 1. The highest BCUT2D eigenvalue weighted by Crippen LogP contribution is 2.68. The van der Waals surface area contributed by atoms with Crippen LogP contribution in [0.4, 0.5) is 0 Å². The van der Waals surface area contributed by atoms with Crippen LogP contribution in [0.15, 0.2) is 12.1 Å². The Morgan fingerprint density at radius 3 is 2.84 bits per heavy atom. The molecule has 3 saturated carbocycles. The number of hydrogen-bond acceptors (Lipinski definition) is 4. The second-order valence-electron chi connectivity index (χ2n) is 9.10. The molecule has 1 aromatic rings. The molecule has 4 heteroatoms. The fourth-order valence-electron chi connectivity index (χ4n) is 6.82. The minimum atomic E-state index is -0.866. The number of ketones is 1. The Hall–Kier alpha value is -1.55. The van der Waals surface area contributed by atoms with Gasteiger partial charge in [0.05, 0.1) is 11.0 Å². The van der Waals surface area contributed by atoms with Crippen molar-refractivity contribution in [3.05, 3.63) is 23.3 Å². The molecule has 2 bridgehead atoms. The largest absolute Gasteiger partial charge is 0.504 e. The van der Waals surface area contributed by atoms with Gasteiger partial charge in [-0.25, -0.2) is 0 Å². The molecular formula is C21H24O4. The average Bonchev–Trinajstić information content (AvgIpc) is 3.32. The third kappa shape index (κ3) is 1.57. The van der Waals surface area contributed by atoms with Crippen LogP contribution >= 0.6 is 0 Å². The number of carbonyl (C=O) groups is 1. The molecular weight excluding hydrogens is 316 g/mol. The maximum atomic E-state index is 12.7. The lowest BCUT2D eigenvalue weighted by molar-refractivity contribution is -0.189. The van der Waals surface area contributed by atoms with Gasteiger partial charge in [0.25, 0.3) is 0 Å². The van der Waals surface area contributed by atoms with Crippen molar-refractivity contribution in [3.63, 3.8) is 0 Å². The molecule has 0 unspecified atom stereocenters. The van der Waals surface area contributed by atoms with E-state index >= 15 is 0 Å². The van der Waals surface area contributed by atoms with Crippen molar-refractivity contribution in [2.75, 3.05) is 0 Å². The maximum absolute atomic E-state index is 12.7. The minimum Gasteiger partial charge on any atom is -0.504 e. The standard InChI is InChI=1S/C21H24O4/c22-15-4-3-13-10-14-12(9-11-1-2-11)5-7-20-17(13)18(15)25-19(20)16(23)6-8-21(14,20)24/h3-4,11-12,14,19,22,24H,1-2,5-10H2/t12-,14+,19+,20+,21-/m1/s1. The van der Waals surface area contributed by atoms with E-state index in [1.54, 1.807) is 6.07 Å². The predicted octanol–water partition coefficient (Wildman–Crippen LogP) is 2.87. The fraction of sp³-hybridized carbons (Fsp3) is 0.667. The lowest BCUT2D eigenvalue weighted by atomic mass is 9.43. The van der Waals surface area contributed by atoms with Crippen LogP contribution < -0.4 is 4.74 Å². The molecule has 1 heterocycles. The molecule has 5 aliphatic rings. The van der Waals surface area contributed by atoms with E-state index in [1.165, 1.54) is 24.8 Å². The molecule has 1 aliphatic heterocycles. The maximum Gasteiger partial charge on any atom is 0.174 e. The average molecular weight is 340 g/mol. The highest BCUT2D eigenvalue weighted by atomic mass is 16.5. The van der Waals surface area contributed by atoms with Crippen molar-refractivity contribution < 1.29 is 19.7 Å². The predicted molar refractivity (Wildman–Crippen MR) is 90.7 cm³/mol. The Labute approximate surface area is 147 Å². The highest BCUT2D eigenvalue weighted by molar-refractivity contribution is 5.89. The van der Waals surface area contributed by atoms with E-state index < -0.39 is 17.1 Å². The van der Waals surface area contributed by atoms with Crippen LogP contribution in [0, 0.1) is 17.8 Å². The van der Waals surface area contributed by atoms with Gasteiger partial charge in [0, 0.05) is 12.0 Å². The number of phenolic OH excluding ortho intramolecular Hbond substituents is 1. The van der Waals surface area contributed by atoms with Gasteiger partial charge in [-0.15, -0.1) is 0 Å². The van der Waals surface area contributed by atoms with Crippen molar-refractivity contribution in [1.29, 1.82) is 0 Å². The zero-order valence-corrected chi connectivity index (χ0v) is 14.3. The normalized spacial score (nSPS) is 43.6. The van der Waals surface area contributed by atoms with Crippen LogP contribution in [-0.4, -0.2) is 27.7 Å². The monoisotopic (exact) mass is 340 g/mol. The Bertz CT molecular complexity index is 797. The van der Waals surface area contributed by atoms with Crippen LogP contribution in [0.3, 0.4) is 0 Å². The molecule has 4 nitrogen and oxygen atoms in total. The molecule has 4 aliphatic carbocycles. The van der Waals surface area contributed by atoms with Crippen molar-refractivity contribution in [2.45, 2.75) is 68.5 Å². The first-order valence-corrected chi connectivity index (χ1v) is 9.81. The number of benzene rings is 1. The third-order valence-corrected chi connectivity index (χ3v) is 8.03. The lowest BCUT2D eigenvalue weighted by Gasteiger charge is -2.61. The second-order valence-corrected chi connectivity index (χ2v) is 9.10. The Balaban J connectivity index is 1.58. The van der Waals surface area contributed by atoms with Crippen LogP contribution in [0.2, 0.25) is 0 Å². The summed E-state index contributed by atoms with van der Waals surface area (Å²) in [6.45, 7) is 0. The molecule has 1 aromatic carbocycles. The van der Waals surface area contributed by atoms with Gasteiger partial charge < -0.3 is 14.9 Å².